The molecule has 2 aromatic rings. The number of phenolic OH excluding ortho intramolecular Hbond substituents is 4. The Balaban J connectivity index is 1.87. The van der Waals surface area contributed by atoms with E-state index in [0.29, 0.717) is 35.4 Å². The standard InChI is InChI=1S/C36H52Cl4O5/c1-22-9-3-5-11-26(14-8-16-33(39)40)35-30(43)20-27(21-31(35)44)36(45)23(2)10-4-6-12-25(13-7-15-32(37)38)34-28(41)18-24(17-22)19-29(34)42/h18-23,25-26,32-33,36,41-45H,3-17H2,1-2H3/t22-,23-,25+,26+,36+/m0/s1. The molecule has 4 bridgehead atoms. The van der Waals surface area contributed by atoms with Gasteiger partial charge in [-0.1, -0.05) is 58.8 Å². The molecule has 0 heterocycles. The zero-order valence-corrected chi connectivity index (χ0v) is 29.7. The fourth-order valence-electron chi connectivity index (χ4n) is 7.08. The second-order valence-electron chi connectivity index (χ2n) is 13.4. The van der Waals surface area contributed by atoms with E-state index >= 15 is 0 Å². The van der Waals surface area contributed by atoms with Gasteiger partial charge >= 0.3 is 0 Å². The van der Waals surface area contributed by atoms with Crippen LogP contribution in [0.3, 0.4) is 0 Å². The first-order chi connectivity index (χ1) is 21.4. The molecule has 0 aliphatic heterocycles. The van der Waals surface area contributed by atoms with Crippen molar-refractivity contribution in [3.8, 4) is 23.0 Å². The highest BCUT2D eigenvalue weighted by Gasteiger charge is 2.26. The van der Waals surface area contributed by atoms with Crippen molar-refractivity contribution in [1.29, 1.82) is 0 Å². The van der Waals surface area contributed by atoms with Crippen molar-refractivity contribution in [2.45, 2.75) is 138 Å². The molecule has 5 nitrogen and oxygen atoms in total. The van der Waals surface area contributed by atoms with Crippen LogP contribution in [0.4, 0.5) is 0 Å². The van der Waals surface area contributed by atoms with Gasteiger partial charge in [0.05, 0.1) is 6.10 Å². The lowest BCUT2D eigenvalue weighted by molar-refractivity contribution is 0.110. The lowest BCUT2D eigenvalue weighted by atomic mass is 9.83. The van der Waals surface area contributed by atoms with Crippen LogP contribution in [0, 0.1) is 11.8 Å². The van der Waals surface area contributed by atoms with Crippen LogP contribution in [0.25, 0.3) is 0 Å². The van der Waals surface area contributed by atoms with E-state index in [1.165, 1.54) is 0 Å². The van der Waals surface area contributed by atoms with Crippen LogP contribution in [0.5, 0.6) is 23.0 Å². The lowest BCUT2D eigenvalue weighted by Gasteiger charge is -2.25. The fraction of sp³-hybridized carbons (Fsp3) is 0.667. The van der Waals surface area contributed by atoms with E-state index in [1.807, 2.05) is 6.92 Å². The number of aromatic hydroxyl groups is 4. The third-order valence-corrected chi connectivity index (χ3v) is 10.4. The van der Waals surface area contributed by atoms with Crippen LogP contribution in [-0.4, -0.2) is 35.2 Å². The highest BCUT2D eigenvalue weighted by Crippen LogP contribution is 2.44. The van der Waals surface area contributed by atoms with E-state index in [4.69, 9.17) is 46.4 Å². The van der Waals surface area contributed by atoms with Crippen molar-refractivity contribution >= 4 is 46.4 Å². The van der Waals surface area contributed by atoms with Crippen molar-refractivity contribution in [2.24, 2.45) is 11.8 Å². The van der Waals surface area contributed by atoms with Crippen LogP contribution < -0.4 is 0 Å². The van der Waals surface area contributed by atoms with Crippen LogP contribution >= 0.6 is 46.4 Å². The second-order valence-corrected chi connectivity index (χ2v) is 15.9. The quantitative estimate of drug-likeness (QED) is 0.176. The van der Waals surface area contributed by atoms with E-state index < -0.39 is 15.8 Å². The molecule has 254 valence electrons. The monoisotopic (exact) mass is 704 g/mol. The Bertz CT molecular complexity index is 1140. The molecule has 5 N–H and O–H groups in total. The Morgan fingerprint density at radius 1 is 0.644 bits per heavy atom. The van der Waals surface area contributed by atoms with Gasteiger partial charge in [-0.25, -0.2) is 0 Å². The number of halogens is 4. The molecule has 0 amide bonds. The van der Waals surface area contributed by atoms with E-state index in [0.717, 1.165) is 89.0 Å². The first-order valence-corrected chi connectivity index (χ1v) is 18.5. The van der Waals surface area contributed by atoms with Crippen LogP contribution in [0.2, 0.25) is 0 Å². The summed E-state index contributed by atoms with van der Waals surface area (Å²) in [5, 5.41) is 55.6. The molecular weight excluding hydrogens is 654 g/mol. The first-order valence-electron chi connectivity index (χ1n) is 16.7. The van der Waals surface area contributed by atoms with Crippen molar-refractivity contribution < 1.29 is 25.5 Å². The number of benzene rings is 2. The summed E-state index contributed by atoms with van der Waals surface area (Å²) in [7, 11) is 0. The summed E-state index contributed by atoms with van der Waals surface area (Å²) in [6, 6.07) is 6.82. The van der Waals surface area contributed by atoms with E-state index in [2.05, 4.69) is 6.92 Å². The maximum absolute atomic E-state index is 11.2. The first kappa shape index (κ1) is 38.2. The maximum Gasteiger partial charge on any atom is 0.123 e. The number of hydrogen-bond donors (Lipinski definition) is 5. The molecular formula is C36H52Cl4O5. The molecule has 0 unspecified atom stereocenters. The SMILES string of the molecule is C[C@H]1CCCC[C@H](CCCC(Cl)Cl)c2c(O)cc(cc2O)[C@H](O)[C@@H](C)CCCC[C@H](CCCC(Cl)Cl)c2c(O)cc(cc2O)C1. The van der Waals surface area contributed by atoms with Crippen molar-refractivity contribution in [3.05, 3.63) is 46.5 Å². The summed E-state index contributed by atoms with van der Waals surface area (Å²) in [6.07, 6.45) is 11.0. The average Bonchev–Trinajstić information content (AvgIpc) is 2.94. The van der Waals surface area contributed by atoms with Crippen molar-refractivity contribution in [1.82, 2.24) is 0 Å². The predicted octanol–water partition coefficient (Wildman–Crippen LogP) is 11.3. The molecule has 45 heavy (non-hydrogen) atoms. The number of rotatable bonds is 8. The van der Waals surface area contributed by atoms with Crippen LogP contribution in [-0.2, 0) is 6.42 Å². The summed E-state index contributed by atoms with van der Waals surface area (Å²) < 4.78 is 0. The largest absolute Gasteiger partial charge is 0.508 e. The lowest BCUT2D eigenvalue weighted by Crippen LogP contribution is -2.11. The summed E-state index contributed by atoms with van der Waals surface area (Å²) >= 11 is 24.0. The molecule has 0 aromatic heterocycles. The zero-order valence-electron chi connectivity index (χ0n) is 26.7. The molecule has 0 spiro atoms. The van der Waals surface area contributed by atoms with Gasteiger partial charge in [0, 0.05) is 11.1 Å². The van der Waals surface area contributed by atoms with Gasteiger partial charge in [-0.2, -0.15) is 0 Å². The van der Waals surface area contributed by atoms with E-state index in [-0.39, 0.29) is 40.8 Å². The van der Waals surface area contributed by atoms with Gasteiger partial charge in [-0.05, 0) is 110 Å². The molecule has 5 atom stereocenters. The Morgan fingerprint density at radius 3 is 1.53 bits per heavy atom. The normalized spacial score (nSPS) is 24.2. The number of hydrogen-bond acceptors (Lipinski definition) is 5. The van der Waals surface area contributed by atoms with Gasteiger partial charge in [0.25, 0.3) is 0 Å². The van der Waals surface area contributed by atoms with Gasteiger partial charge < -0.3 is 25.5 Å². The van der Waals surface area contributed by atoms with Gasteiger partial charge in [0.1, 0.15) is 32.7 Å². The van der Waals surface area contributed by atoms with Crippen molar-refractivity contribution in [3.63, 3.8) is 0 Å². The number of alkyl halides is 4. The Labute approximate surface area is 289 Å². The number of aliphatic hydroxyl groups excluding tert-OH is 1. The van der Waals surface area contributed by atoms with Gasteiger partial charge in [-0.15, -0.1) is 46.4 Å². The molecule has 2 aromatic carbocycles. The molecule has 4 aliphatic rings. The summed E-state index contributed by atoms with van der Waals surface area (Å²) in [6.45, 7) is 4.15. The number of aliphatic hydroxyl groups is 1. The Morgan fingerprint density at radius 2 is 1.07 bits per heavy atom. The predicted molar refractivity (Wildman–Crippen MR) is 188 cm³/mol. The van der Waals surface area contributed by atoms with Gasteiger partial charge in [-0.3, -0.25) is 0 Å². The number of phenols is 4. The van der Waals surface area contributed by atoms with Crippen molar-refractivity contribution in [2.75, 3.05) is 0 Å². The summed E-state index contributed by atoms with van der Waals surface area (Å²) in [4.78, 5) is -0.908. The minimum atomic E-state index is -0.845. The summed E-state index contributed by atoms with van der Waals surface area (Å²) in [5.74, 6) is 0.439. The van der Waals surface area contributed by atoms with E-state index in [9.17, 15) is 25.5 Å². The van der Waals surface area contributed by atoms with Crippen LogP contribution in [0.15, 0.2) is 24.3 Å². The fourth-order valence-corrected chi connectivity index (χ4v) is 7.70. The average molecular weight is 707 g/mol. The molecule has 4 aliphatic carbocycles. The van der Waals surface area contributed by atoms with Gasteiger partial charge in [0.2, 0.25) is 0 Å². The molecule has 0 fully saturated rings. The second kappa shape index (κ2) is 18.9. The Kier molecular flexibility index (Phi) is 16.1. The molecule has 9 heteroatoms. The summed E-state index contributed by atoms with van der Waals surface area (Å²) in [5.41, 5.74) is 2.54. The topological polar surface area (TPSA) is 101 Å². The molecule has 0 radical (unpaired) electrons. The molecule has 0 saturated carbocycles. The third-order valence-electron chi connectivity index (χ3n) is 9.55. The molecule has 0 saturated heterocycles. The molecule has 6 rings (SSSR count). The van der Waals surface area contributed by atoms with Crippen LogP contribution in [0.1, 0.15) is 144 Å². The highest BCUT2D eigenvalue weighted by molar-refractivity contribution is 6.44. The highest BCUT2D eigenvalue weighted by atomic mass is 35.5. The van der Waals surface area contributed by atoms with Gasteiger partial charge in [0.15, 0.2) is 0 Å². The Hall–Kier alpha value is -1.24. The smallest absolute Gasteiger partial charge is 0.123 e. The van der Waals surface area contributed by atoms with E-state index in [1.54, 1.807) is 24.3 Å². The third kappa shape index (κ3) is 12.1. The zero-order chi connectivity index (χ0) is 33.1. The maximum atomic E-state index is 11.2. The minimum Gasteiger partial charge on any atom is -0.508 e. The minimum absolute atomic E-state index is 0.0201.